The number of aliphatic hydroxyl groups is 1. The highest BCUT2D eigenvalue weighted by Crippen LogP contribution is 2.35. The number of nitrogens with zero attached hydrogens (tertiary/aromatic N) is 3. The van der Waals surface area contributed by atoms with Gasteiger partial charge in [-0.1, -0.05) is 18.2 Å². The van der Waals surface area contributed by atoms with E-state index in [2.05, 4.69) is 54.0 Å². The van der Waals surface area contributed by atoms with Gasteiger partial charge in [-0.15, -0.1) is 0 Å². The molecule has 1 aromatic rings. The van der Waals surface area contributed by atoms with Gasteiger partial charge in [0.1, 0.15) is 17.5 Å². The molecule has 0 amide bonds. The maximum Gasteiger partial charge on any atom is 0.138 e. The zero-order chi connectivity index (χ0) is 22.3. The van der Waals surface area contributed by atoms with E-state index in [1.165, 1.54) is 0 Å². The van der Waals surface area contributed by atoms with Gasteiger partial charge in [-0.3, -0.25) is 0 Å². The van der Waals surface area contributed by atoms with Crippen molar-refractivity contribution in [2.45, 2.75) is 53.5 Å². The normalized spacial score (nSPS) is 14.2. The predicted octanol–water partition coefficient (Wildman–Crippen LogP) is 5.24. The molecule has 0 unspecified atom stereocenters. The van der Waals surface area contributed by atoms with Crippen LogP contribution in [0.3, 0.4) is 0 Å². The van der Waals surface area contributed by atoms with Crippen molar-refractivity contribution >= 4 is 29.2 Å². The van der Waals surface area contributed by atoms with Crippen molar-refractivity contribution in [3.8, 4) is 0 Å². The van der Waals surface area contributed by atoms with Crippen molar-refractivity contribution < 1.29 is 5.11 Å². The van der Waals surface area contributed by atoms with Crippen molar-refractivity contribution in [3.63, 3.8) is 0 Å². The van der Waals surface area contributed by atoms with Gasteiger partial charge in [-0.25, -0.2) is 9.98 Å². The highest BCUT2D eigenvalue weighted by Gasteiger charge is 2.23. The largest absolute Gasteiger partial charge is 0.396 e. The van der Waals surface area contributed by atoms with Crippen LogP contribution in [0.2, 0.25) is 0 Å². The Bertz CT molecular complexity index is 884. The molecule has 0 aromatic carbocycles. The number of amidine groups is 1. The Hall–Kier alpha value is -2.86. The minimum Gasteiger partial charge on any atom is -0.396 e. The van der Waals surface area contributed by atoms with Crippen molar-refractivity contribution in [3.05, 3.63) is 53.9 Å². The van der Waals surface area contributed by atoms with Gasteiger partial charge in [0.15, 0.2) is 0 Å². The summed E-state index contributed by atoms with van der Waals surface area (Å²) in [4.78, 5) is 11.4. The molecule has 2 heterocycles. The topological polar surface area (TPSA) is 72.8 Å². The van der Waals surface area contributed by atoms with E-state index in [0.717, 1.165) is 34.1 Å². The smallest absolute Gasteiger partial charge is 0.138 e. The van der Waals surface area contributed by atoms with Gasteiger partial charge >= 0.3 is 0 Å². The molecule has 3 N–H and O–H groups in total. The number of pyridine rings is 1. The molecular formula is C24H35N5O. The number of fused-ring (bicyclic) bond motifs is 1. The van der Waals surface area contributed by atoms with E-state index in [1.807, 2.05) is 45.2 Å². The van der Waals surface area contributed by atoms with Crippen LogP contribution in [0.25, 0.3) is 11.8 Å². The summed E-state index contributed by atoms with van der Waals surface area (Å²) in [5.41, 5.74) is 3.86. The first kappa shape index (κ1) is 23.4. The Morgan fingerprint density at radius 3 is 2.67 bits per heavy atom. The zero-order valence-corrected chi connectivity index (χ0v) is 19.1. The molecule has 1 aromatic heterocycles. The molecular weight excluding hydrogens is 374 g/mol. The molecule has 0 spiro atoms. The van der Waals surface area contributed by atoms with E-state index >= 15 is 0 Å². The summed E-state index contributed by atoms with van der Waals surface area (Å²) in [6, 6.07) is 2.01. The van der Waals surface area contributed by atoms with Crippen molar-refractivity contribution in [1.82, 2.24) is 9.88 Å². The van der Waals surface area contributed by atoms with E-state index in [1.54, 1.807) is 6.20 Å². The number of aromatic nitrogens is 1. The Morgan fingerprint density at radius 2 is 2.07 bits per heavy atom. The first-order valence-corrected chi connectivity index (χ1v) is 10.3. The third-order valence-corrected chi connectivity index (χ3v) is 4.21. The average Bonchev–Trinajstić information content (AvgIpc) is 2.63. The first-order chi connectivity index (χ1) is 14.1. The van der Waals surface area contributed by atoms with E-state index in [0.29, 0.717) is 18.8 Å². The standard InChI is InChI=1S/C24H35N5O/c1-8-11-25-20(15-17(2)3)26-21-16-19-10-13-29(12-9-14-30)18(4)22(19)23(27-21)28-24(5,6)7/h8,10-11,13,15-16,30H,4,9,12,14H2,1-3,5-7H3,(H2,25,26,27,28)/b11-8+. The number of anilines is 2. The van der Waals surface area contributed by atoms with E-state index < -0.39 is 0 Å². The summed E-state index contributed by atoms with van der Waals surface area (Å²) >= 11 is 0. The third-order valence-electron chi connectivity index (χ3n) is 4.21. The quantitative estimate of drug-likeness (QED) is 0.424. The lowest BCUT2D eigenvalue weighted by atomic mass is 10.00. The number of hydrogen-bond acceptors (Lipinski definition) is 5. The summed E-state index contributed by atoms with van der Waals surface area (Å²) in [7, 11) is 0. The maximum atomic E-state index is 9.20. The fourth-order valence-corrected chi connectivity index (χ4v) is 3.03. The molecule has 6 heteroatoms. The van der Waals surface area contributed by atoms with Crippen molar-refractivity contribution in [2.24, 2.45) is 4.99 Å². The van der Waals surface area contributed by atoms with Crippen LogP contribution in [0.1, 0.15) is 59.1 Å². The zero-order valence-electron chi connectivity index (χ0n) is 19.1. The van der Waals surface area contributed by atoms with Crippen LogP contribution < -0.4 is 10.6 Å². The molecule has 1 aliphatic heterocycles. The lowest BCUT2D eigenvalue weighted by Crippen LogP contribution is -2.29. The van der Waals surface area contributed by atoms with Crippen LogP contribution in [0.4, 0.5) is 11.6 Å². The van der Waals surface area contributed by atoms with Crippen LogP contribution in [-0.2, 0) is 0 Å². The predicted molar refractivity (Wildman–Crippen MR) is 129 cm³/mol. The summed E-state index contributed by atoms with van der Waals surface area (Å²) < 4.78 is 0. The third kappa shape index (κ3) is 6.59. The lowest BCUT2D eigenvalue weighted by Gasteiger charge is -2.31. The summed E-state index contributed by atoms with van der Waals surface area (Å²) in [5, 5.41) is 16.1. The van der Waals surface area contributed by atoms with Gasteiger partial charge < -0.3 is 20.6 Å². The van der Waals surface area contributed by atoms with Crippen molar-refractivity contribution in [2.75, 3.05) is 23.8 Å². The summed E-state index contributed by atoms with van der Waals surface area (Å²) in [6.45, 7) is 17.5. The minimum atomic E-state index is -0.168. The molecule has 30 heavy (non-hydrogen) atoms. The van der Waals surface area contributed by atoms with Gasteiger partial charge in [0.05, 0.1) is 0 Å². The molecule has 0 saturated heterocycles. The van der Waals surface area contributed by atoms with Gasteiger partial charge in [0, 0.05) is 42.4 Å². The van der Waals surface area contributed by atoms with E-state index in [4.69, 9.17) is 4.98 Å². The number of nitrogens with one attached hydrogen (secondary N) is 2. The Labute approximate surface area is 180 Å². The summed E-state index contributed by atoms with van der Waals surface area (Å²) in [5.74, 6) is 2.21. The molecule has 0 radical (unpaired) electrons. The second-order valence-electron chi connectivity index (χ2n) is 8.57. The number of aliphatic imine (C=N–C) groups is 1. The fourth-order valence-electron chi connectivity index (χ4n) is 3.03. The van der Waals surface area contributed by atoms with E-state index in [-0.39, 0.29) is 12.1 Å². The number of rotatable bonds is 7. The summed E-state index contributed by atoms with van der Waals surface area (Å²) in [6.07, 6.45) is 10.4. The van der Waals surface area contributed by atoms with Crippen LogP contribution in [-0.4, -0.2) is 39.5 Å². The Morgan fingerprint density at radius 1 is 1.33 bits per heavy atom. The van der Waals surface area contributed by atoms with Gasteiger partial charge in [0.25, 0.3) is 0 Å². The van der Waals surface area contributed by atoms with E-state index in [9.17, 15) is 5.11 Å². The van der Waals surface area contributed by atoms with Gasteiger partial charge in [-0.05, 0) is 71.7 Å². The molecule has 162 valence electrons. The lowest BCUT2D eigenvalue weighted by molar-refractivity contribution is 0.276. The molecule has 6 nitrogen and oxygen atoms in total. The second kappa shape index (κ2) is 10.3. The van der Waals surface area contributed by atoms with Crippen LogP contribution in [0, 0.1) is 0 Å². The highest BCUT2D eigenvalue weighted by molar-refractivity contribution is 6.04. The van der Waals surface area contributed by atoms with Crippen LogP contribution >= 0.6 is 0 Å². The maximum absolute atomic E-state index is 9.20. The number of aliphatic hydroxyl groups excluding tert-OH is 1. The molecule has 0 saturated carbocycles. The fraction of sp³-hybridized carbons (Fsp3) is 0.417. The van der Waals surface area contributed by atoms with Gasteiger partial charge in [0.2, 0.25) is 0 Å². The monoisotopic (exact) mass is 409 g/mol. The molecule has 0 bridgehead atoms. The number of allylic oxidation sites excluding steroid dienone is 2. The van der Waals surface area contributed by atoms with Gasteiger partial charge in [-0.2, -0.15) is 0 Å². The first-order valence-electron chi connectivity index (χ1n) is 10.3. The molecule has 2 rings (SSSR count). The molecule has 0 atom stereocenters. The Kier molecular flexibility index (Phi) is 8.00. The minimum absolute atomic E-state index is 0.150. The average molecular weight is 410 g/mol. The Balaban J connectivity index is 2.50. The molecule has 0 aliphatic carbocycles. The SMILES string of the molecule is C=C1c2c(cc(NC(C=C(C)C)=N/C=C/C)nc2NC(C)(C)C)C=CN1CCCO. The van der Waals surface area contributed by atoms with Crippen LogP contribution in [0.15, 0.2) is 47.8 Å². The number of hydrogen-bond donors (Lipinski definition) is 3. The van der Waals surface area contributed by atoms with Crippen LogP contribution in [0.5, 0.6) is 0 Å². The van der Waals surface area contributed by atoms with Crippen molar-refractivity contribution in [1.29, 1.82) is 0 Å². The highest BCUT2D eigenvalue weighted by atomic mass is 16.3. The second-order valence-corrected chi connectivity index (χ2v) is 8.57. The molecule has 0 fully saturated rings. The molecule has 1 aliphatic rings.